The molecule has 28 heavy (non-hydrogen) atoms. The molecule has 4 amide bonds. The minimum absolute atomic E-state index is 0.215. The summed E-state index contributed by atoms with van der Waals surface area (Å²) >= 11 is 0. The lowest BCUT2D eigenvalue weighted by Crippen LogP contribution is -2.70. The summed E-state index contributed by atoms with van der Waals surface area (Å²) in [5, 5.41) is 8.34. The Morgan fingerprint density at radius 1 is 1.14 bits per heavy atom. The van der Waals surface area contributed by atoms with Crippen LogP contribution in [0.3, 0.4) is 0 Å². The summed E-state index contributed by atoms with van der Waals surface area (Å²) < 4.78 is 45.7. The lowest BCUT2D eigenvalue weighted by molar-refractivity contribution is -0.274. The van der Waals surface area contributed by atoms with Crippen molar-refractivity contribution < 1.29 is 32.2 Å². The molecule has 0 saturated carbocycles. The fraction of sp³-hybridized carbons (Fsp3) is 0.529. The first kappa shape index (κ1) is 20.2. The Balaban J connectivity index is 1.57. The van der Waals surface area contributed by atoms with Crippen LogP contribution in [0, 0.1) is 0 Å². The van der Waals surface area contributed by atoms with Crippen LogP contribution in [-0.4, -0.2) is 48.9 Å². The van der Waals surface area contributed by atoms with Gasteiger partial charge >= 0.3 is 18.4 Å². The van der Waals surface area contributed by atoms with Crippen molar-refractivity contribution in [3.05, 3.63) is 29.8 Å². The molecular formula is C17H21F3N4O4. The van der Waals surface area contributed by atoms with Crippen molar-refractivity contribution in [3.63, 3.8) is 0 Å². The molecule has 1 atom stereocenters. The van der Waals surface area contributed by atoms with Gasteiger partial charge in [0.2, 0.25) is 0 Å². The van der Waals surface area contributed by atoms with Crippen LogP contribution in [0.15, 0.2) is 24.3 Å². The molecule has 2 fully saturated rings. The van der Waals surface area contributed by atoms with Gasteiger partial charge < -0.3 is 20.1 Å². The largest absolute Gasteiger partial charge is 0.573 e. The summed E-state index contributed by atoms with van der Waals surface area (Å²) in [5.41, 5.74) is 0.657. The van der Waals surface area contributed by atoms with Crippen LogP contribution in [0.25, 0.3) is 0 Å². The van der Waals surface area contributed by atoms with Gasteiger partial charge in [0.05, 0.1) is 0 Å². The van der Waals surface area contributed by atoms with Crippen LogP contribution in [0.4, 0.5) is 22.8 Å². The number of hydrogen-bond acceptors (Lipinski definition) is 5. The monoisotopic (exact) mass is 402 g/mol. The summed E-state index contributed by atoms with van der Waals surface area (Å²) in [6.45, 7) is 2.74. The second-order valence-corrected chi connectivity index (χ2v) is 6.55. The van der Waals surface area contributed by atoms with Gasteiger partial charge in [-0.2, -0.15) is 0 Å². The Morgan fingerprint density at radius 3 is 2.25 bits per heavy atom. The molecule has 0 radical (unpaired) electrons. The van der Waals surface area contributed by atoms with Gasteiger partial charge in [0.1, 0.15) is 5.75 Å². The van der Waals surface area contributed by atoms with Gasteiger partial charge in [-0.3, -0.25) is 5.32 Å². The quantitative estimate of drug-likeness (QED) is 0.704. The second-order valence-electron chi connectivity index (χ2n) is 6.55. The van der Waals surface area contributed by atoms with Gasteiger partial charge in [-0.1, -0.05) is 12.1 Å². The Hall–Kier alpha value is -2.53. The van der Waals surface area contributed by atoms with Crippen LogP contribution in [0.2, 0.25) is 0 Å². The SMILES string of the molecule is C[C@H](NC1NC(=O)N(C2CCOCC2)C(=O)N1)c1ccc(OC(F)(F)F)cc1. The third kappa shape index (κ3) is 5.04. The van der Waals surface area contributed by atoms with Gasteiger partial charge in [0.25, 0.3) is 0 Å². The van der Waals surface area contributed by atoms with Gasteiger partial charge in [0.15, 0.2) is 6.29 Å². The number of halogens is 3. The molecule has 0 aliphatic carbocycles. The molecule has 11 heteroatoms. The highest BCUT2D eigenvalue weighted by Crippen LogP contribution is 2.24. The summed E-state index contributed by atoms with van der Waals surface area (Å²) in [6.07, 6.45) is -4.39. The molecule has 0 bridgehead atoms. The molecule has 0 aromatic heterocycles. The maximum atomic E-state index is 12.4. The van der Waals surface area contributed by atoms with E-state index in [4.69, 9.17) is 4.74 Å². The Morgan fingerprint density at radius 2 is 1.71 bits per heavy atom. The summed E-state index contributed by atoms with van der Waals surface area (Å²) in [4.78, 5) is 25.9. The average Bonchev–Trinajstić information content (AvgIpc) is 2.61. The van der Waals surface area contributed by atoms with Crippen LogP contribution in [0.5, 0.6) is 5.75 Å². The average molecular weight is 402 g/mol. The molecule has 3 rings (SSSR count). The van der Waals surface area contributed by atoms with Crippen molar-refractivity contribution in [2.75, 3.05) is 13.2 Å². The standard InChI is InChI=1S/C17H21F3N4O4/c1-10(11-2-4-13(5-3-11)28-17(18,19)20)21-14-22-15(25)24(16(26)23-14)12-6-8-27-9-7-12/h2-5,10,12,14,21H,6-9H2,1H3,(H,22,25)(H,23,26)/t10-/m0/s1. The smallest absolute Gasteiger partial charge is 0.406 e. The zero-order valence-electron chi connectivity index (χ0n) is 15.1. The van der Waals surface area contributed by atoms with Crippen molar-refractivity contribution in [1.82, 2.24) is 20.9 Å². The first-order valence-corrected chi connectivity index (χ1v) is 8.82. The topological polar surface area (TPSA) is 91.9 Å². The molecule has 1 aromatic carbocycles. The highest BCUT2D eigenvalue weighted by molar-refractivity contribution is 5.96. The van der Waals surface area contributed by atoms with Crippen LogP contribution < -0.4 is 20.7 Å². The maximum Gasteiger partial charge on any atom is 0.573 e. The van der Waals surface area contributed by atoms with E-state index in [2.05, 4.69) is 20.7 Å². The van der Waals surface area contributed by atoms with E-state index in [-0.39, 0.29) is 17.8 Å². The molecule has 2 saturated heterocycles. The summed E-state index contributed by atoms with van der Waals surface area (Å²) in [7, 11) is 0. The van der Waals surface area contributed by atoms with E-state index in [1.165, 1.54) is 24.3 Å². The number of carbonyl (C=O) groups excluding carboxylic acids is 2. The lowest BCUT2D eigenvalue weighted by Gasteiger charge is -2.39. The number of ether oxygens (including phenoxy) is 2. The number of imide groups is 1. The molecule has 8 nitrogen and oxygen atoms in total. The second kappa shape index (κ2) is 8.23. The number of alkyl halides is 3. The molecular weight excluding hydrogens is 381 g/mol. The lowest BCUT2D eigenvalue weighted by atomic mass is 10.1. The fourth-order valence-electron chi connectivity index (χ4n) is 3.18. The Kier molecular flexibility index (Phi) is 5.94. The van der Waals surface area contributed by atoms with Gasteiger partial charge in [0, 0.05) is 25.3 Å². The van der Waals surface area contributed by atoms with E-state index in [9.17, 15) is 22.8 Å². The number of amides is 4. The van der Waals surface area contributed by atoms with Crippen molar-refractivity contribution in [2.45, 2.75) is 44.5 Å². The normalized spacial score (nSPS) is 20.5. The molecule has 154 valence electrons. The van der Waals surface area contributed by atoms with E-state index in [1.807, 2.05) is 0 Å². The third-order valence-electron chi connectivity index (χ3n) is 4.56. The number of hydrogen-bond donors (Lipinski definition) is 3. The molecule has 0 spiro atoms. The number of carbonyl (C=O) groups is 2. The molecule has 1 aromatic rings. The maximum absolute atomic E-state index is 12.4. The number of benzene rings is 1. The van der Waals surface area contributed by atoms with E-state index >= 15 is 0 Å². The van der Waals surface area contributed by atoms with Crippen molar-refractivity contribution >= 4 is 12.1 Å². The minimum Gasteiger partial charge on any atom is -0.406 e. The molecule has 3 N–H and O–H groups in total. The van der Waals surface area contributed by atoms with E-state index < -0.39 is 24.7 Å². The van der Waals surface area contributed by atoms with E-state index in [0.29, 0.717) is 31.6 Å². The van der Waals surface area contributed by atoms with Crippen molar-refractivity contribution in [2.24, 2.45) is 0 Å². The van der Waals surface area contributed by atoms with Crippen molar-refractivity contribution in [3.8, 4) is 5.75 Å². The molecule has 2 aliphatic rings. The molecule has 2 aliphatic heterocycles. The van der Waals surface area contributed by atoms with Gasteiger partial charge in [-0.25, -0.2) is 14.5 Å². The number of rotatable bonds is 5. The van der Waals surface area contributed by atoms with Crippen LogP contribution in [-0.2, 0) is 4.74 Å². The van der Waals surface area contributed by atoms with E-state index in [0.717, 1.165) is 4.90 Å². The highest BCUT2D eigenvalue weighted by atomic mass is 19.4. The fourth-order valence-corrected chi connectivity index (χ4v) is 3.18. The summed E-state index contributed by atoms with van der Waals surface area (Å²) in [5.74, 6) is -0.324. The Bertz CT molecular complexity index is 689. The van der Waals surface area contributed by atoms with Crippen LogP contribution in [0.1, 0.15) is 31.4 Å². The van der Waals surface area contributed by atoms with E-state index in [1.54, 1.807) is 6.92 Å². The highest BCUT2D eigenvalue weighted by Gasteiger charge is 2.37. The predicted molar refractivity (Wildman–Crippen MR) is 91.2 cm³/mol. The van der Waals surface area contributed by atoms with Gasteiger partial charge in [-0.05, 0) is 37.5 Å². The number of nitrogens with zero attached hydrogens (tertiary/aromatic N) is 1. The zero-order chi connectivity index (χ0) is 20.3. The van der Waals surface area contributed by atoms with Crippen molar-refractivity contribution in [1.29, 1.82) is 0 Å². The first-order valence-electron chi connectivity index (χ1n) is 8.82. The zero-order valence-corrected chi connectivity index (χ0v) is 15.1. The summed E-state index contributed by atoms with van der Waals surface area (Å²) in [6, 6.07) is 3.76. The predicted octanol–water partition coefficient (Wildman–Crippen LogP) is 2.43. The van der Waals surface area contributed by atoms with Gasteiger partial charge in [-0.15, -0.1) is 13.2 Å². The number of urea groups is 2. The van der Waals surface area contributed by atoms with Crippen LogP contribution >= 0.6 is 0 Å². The minimum atomic E-state index is -4.75. The molecule has 0 unspecified atom stereocenters. The Labute approximate surface area is 159 Å². The first-order chi connectivity index (χ1) is 13.2. The third-order valence-corrected chi connectivity index (χ3v) is 4.56. The molecule has 2 heterocycles. The number of nitrogens with one attached hydrogen (secondary N) is 3.